The minimum atomic E-state index is 0.664. The van der Waals surface area contributed by atoms with Crippen LogP contribution in [0, 0.1) is 0 Å². The molecule has 2 atom stereocenters. The van der Waals surface area contributed by atoms with Crippen molar-refractivity contribution in [3.8, 4) is 0 Å². The number of nitrogens with zero attached hydrogens (tertiary/aromatic N) is 1. The summed E-state index contributed by atoms with van der Waals surface area (Å²) in [5.41, 5.74) is 0. The molecule has 0 amide bonds. The van der Waals surface area contributed by atoms with Crippen molar-refractivity contribution in [2.45, 2.75) is 50.6 Å². The van der Waals surface area contributed by atoms with Crippen molar-refractivity contribution in [1.29, 1.82) is 0 Å². The van der Waals surface area contributed by atoms with E-state index in [0.717, 1.165) is 19.3 Å². The van der Waals surface area contributed by atoms with Crippen LogP contribution >= 0.6 is 0 Å². The second-order valence-corrected chi connectivity index (χ2v) is 5.29. The van der Waals surface area contributed by atoms with E-state index < -0.39 is 0 Å². The molecular weight excluding hydrogens is 200 g/mol. The van der Waals surface area contributed by atoms with Gasteiger partial charge in [-0.2, -0.15) is 0 Å². The lowest BCUT2D eigenvalue weighted by molar-refractivity contribution is 0.0262. The summed E-state index contributed by atoms with van der Waals surface area (Å²) in [4.78, 5) is 2.50. The van der Waals surface area contributed by atoms with Gasteiger partial charge < -0.3 is 15.0 Å². The number of hydrogen-bond acceptors (Lipinski definition) is 3. The average Bonchev–Trinajstić information content (AvgIpc) is 2.38. The molecule has 0 aromatic carbocycles. The number of piperidine rings is 1. The second-order valence-electron chi connectivity index (χ2n) is 5.29. The van der Waals surface area contributed by atoms with Crippen LogP contribution < -0.4 is 5.32 Å². The van der Waals surface area contributed by atoms with Crippen molar-refractivity contribution in [3.63, 3.8) is 0 Å². The monoisotopic (exact) mass is 226 g/mol. The topological polar surface area (TPSA) is 24.5 Å². The van der Waals surface area contributed by atoms with Crippen LogP contribution in [0.2, 0.25) is 0 Å². The lowest BCUT2D eigenvalue weighted by Crippen LogP contribution is -2.42. The van der Waals surface area contributed by atoms with Gasteiger partial charge in [-0.05, 0) is 52.2 Å². The molecule has 94 valence electrons. The van der Waals surface area contributed by atoms with Gasteiger partial charge in [-0.3, -0.25) is 0 Å². The Kier molecular flexibility index (Phi) is 5.07. The van der Waals surface area contributed by atoms with Crippen LogP contribution in [0.4, 0.5) is 0 Å². The molecule has 3 heteroatoms. The van der Waals surface area contributed by atoms with Gasteiger partial charge >= 0.3 is 0 Å². The quantitative estimate of drug-likeness (QED) is 0.788. The summed E-state index contributed by atoms with van der Waals surface area (Å²) >= 11 is 0. The molecule has 0 spiro atoms. The van der Waals surface area contributed by atoms with Gasteiger partial charge in [-0.1, -0.05) is 6.42 Å². The van der Waals surface area contributed by atoms with Crippen LogP contribution in [0.5, 0.6) is 0 Å². The lowest BCUT2D eigenvalue weighted by Gasteiger charge is -2.33. The second kappa shape index (κ2) is 6.58. The molecule has 0 bridgehead atoms. The third-order valence-electron chi connectivity index (χ3n) is 4.00. The predicted molar refractivity (Wildman–Crippen MR) is 66.7 cm³/mol. The van der Waals surface area contributed by atoms with Crippen LogP contribution in [0.1, 0.15) is 38.5 Å². The summed E-state index contributed by atoms with van der Waals surface area (Å²) in [6.07, 6.45) is 7.99. The summed E-state index contributed by atoms with van der Waals surface area (Å²) < 4.78 is 5.54. The number of ether oxygens (including phenoxy) is 1. The van der Waals surface area contributed by atoms with Gasteiger partial charge in [0.2, 0.25) is 0 Å². The van der Waals surface area contributed by atoms with Crippen molar-refractivity contribution in [3.05, 3.63) is 0 Å². The lowest BCUT2D eigenvalue weighted by atomic mass is 10.0. The van der Waals surface area contributed by atoms with Gasteiger partial charge in [-0.25, -0.2) is 0 Å². The van der Waals surface area contributed by atoms with Crippen molar-refractivity contribution in [2.75, 3.05) is 33.4 Å². The molecule has 0 aromatic heterocycles. The Labute approximate surface area is 99.5 Å². The third-order valence-corrected chi connectivity index (χ3v) is 4.00. The van der Waals surface area contributed by atoms with E-state index in [-0.39, 0.29) is 0 Å². The van der Waals surface area contributed by atoms with Gasteiger partial charge in [0, 0.05) is 18.7 Å². The summed E-state index contributed by atoms with van der Waals surface area (Å²) in [6, 6.07) is 1.43. The van der Waals surface area contributed by atoms with Crippen molar-refractivity contribution in [1.82, 2.24) is 10.2 Å². The first-order valence-corrected chi connectivity index (χ1v) is 6.87. The molecule has 1 N–H and O–H groups in total. The highest BCUT2D eigenvalue weighted by Gasteiger charge is 2.20. The summed E-state index contributed by atoms with van der Waals surface area (Å²) in [6.45, 7) is 4.34. The first-order valence-electron chi connectivity index (χ1n) is 6.87. The largest absolute Gasteiger partial charge is 0.380 e. The average molecular weight is 226 g/mol. The fourth-order valence-electron chi connectivity index (χ4n) is 2.78. The molecule has 2 aliphatic heterocycles. The Morgan fingerprint density at radius 1 is 1.25 bits per heavy atom. The summed E-state index contributed by atoms with van der Waals surface area (Å²) in [5.74, 6) is 0. The third kappa shape index (κ3) is 3.72. The van der Waals surface area contributed by atoms with E-state index >= 15 is 0 Å². The van der Waals surface area contributed by atoms with Gasteiger partial charge in [0.1, 0.15) is 0 Å². The predicted octanol–water partition coefficient (Wildman–Crippen LogP) is 1.63. The zero-order chi connectivity index (χ0) is 11.2. The highest BCUT2D eigenvalue weighted by atomic mass is 16.5. The normalized spacial score (nSPS) is 31.9. The number of nitrogens with one attached hydrogen (secondary N) is 1. The number of hydrogen-bond donors (Lipinski definition) is 1. The Morgan fingerprint density at radius 3 is 2.88 bits per heavy atom. The standard InChI is InChI=1S/C13H26N2O/c1-15(13-6-4-10-16-11-13)9-7-12-5-2-3-8-14-12/h12-14H,2-11H2,1H3. The molecule has 3 nitrogen and oxygen atoms in total. The van der Waals surface area contributed by atoms with Gasteiger partial charge in [0.25, 0.3) is 0 Å². The molecule has 2 unspecified atom stereocenters. The molecule has 0 saturated carbocycles. The van der Waals surface area contributed by atoms with Gasteiger partial charge in [0.15, 0.2) is 0 Å². The van der Waals surface area contributed by atoms with E-state index in [1.165, 1.54) is 51.6 Å². The van der Waals surface area contributed by atoms with E-state index in [0.29, 0.717) is 6.04 Å². The number of rotatable bonds is 4. The van der Waals surface area contributed by atoms with Gasteiger partial charge in [0.05, 0.1) is 6.61 Å². The molecule has 0 radical (unpaired) electrons. The van der Waals surface area contributed by atoms with Crippen LogP contribution in [0.15, 0.2) is 0 Å². The molecule has 0 aromatic rings. The van der Waals surface area contributed by atoms with E-state index in [1.54, 1.807) is 0 Å². The molecule has 2 rings (SSSR count). The van der Waals surface area contributed by atoms with Crippen molar-refractivity contribution < 1.29 is 4.74 Å². The molecule has 2 fully saturated rings. The smallest absolute Gasteiger partial charge is 0.0621 e. The first kappa shape index (κ1) is 12.3. The zero-order valence-corrected chi connectivity index (χ0v) is 10.6. The fourth-order valence-corrected chi connectivity index (χ4v) is 2.78. The fraction of sp³-hybridized carbons (Fsp3) is 1.00. The van der Waals surface area contributed by atoms with E-state index in [9.17, 15) is 0 Å². The van der Waals surface area contributed by atoms with E-state index in [4.69, 9.17) is 4.74 Å². The Bertz CT molecular complexity index is 186. The van der Waals surface area contributed by atoms with Gasteiger partial charge in [-0.15, -0.1) is 0 Å². The molecule has 2 heterocycles. The molecule has 2 aliphatic rings. The van der Waals surface area contributed by atoms with Crippen molar-refractivity contribution >= 4 is 0 Å². The Hall–Kier alpha value is -0.120. The number of likely N-dealkylation sites (N-methyl/N-ethyl adjacent to an activating group) is 1. The highest BCUT2D eigenvalue weighted by molar-refractivity contribution is 4.76. The minimum absolute atomic E-state index is 0.664. The van der Waals surface area contributed by atoms with E-state index in [2.05, 4.69) is 17.3 Å². The molecular formula is C13H26N2O. The van der Waals surface area contributed by atoms with Crippen LogP contribution in [0.3, 0.4) is 0 Å². The van der Waals surface area contributed by atoms with E-state index in [1.807, 2.05) is 0 Å². The summed E-state index contributed by atoms with van der Waals surface area (Å²) in [5, 5.41) is 3.62. The Balaban J connectivity index is 1.63. The maximum absolute atomic E-state index is 5.54. The first-order chi connectivity index (χ1) is 7.86. The maximum atomic E-state index is 5.54. The zero-order valence-electron chi connectivity index (χ0n) is 10.6. The van der Waals surface area contributed by atoms with Crippen molar-refractivity contribution in [2.24, 2.45) is 0 Å². The minimum Gasteiger partial charge on any atom is -0.380 e. The molecule has 16 heavy (non-hydrogen) atoms. The molecule has 2 saturated heterocycles. The summed E-state index contributed by atoms with van der Waals surface area (Å²) in [7, 11) is 2.25. The SMILES string of the molecule is CN(CCC1CCCCN1)C1CCCOC1. The maximum Gasteiger partial charge on any atom is 0.0621 e. The van der Waals surface area contributed by atoms with Crippen LogP contribution in [0.25, 0.3) is 0 Å². The highest BCUT2D eigenvalue weighted by Crippen LogP contribution is 2.14. The van der Waals surface area contributed by atoms with Crippen LogP contribution in [-0.2, 0) is 4.74 Å². The Morgan fingerprint density at radius 2 is 2.19 bits per heavy atom. The van der Waals surface area contributed by atoms with Crippen LogP contribution in [-0.4, -0.2) is 50.3 Å². The molecule has 0 aliphatic carbocycles.